The van der Waals surface area contributed by atoms with Crippen molar-refractivity contribution in [1.29, 1.82) is 0 Å². The van der Waals surface area contributed by atoms with Gasteiger partial charge >= 0.3 is 12.3 Å². The number of ether oxygens (including phenoxy) is 2. The van der Waals surface area contributed by atoms with Crippen LogP contribution in [0, 0.1) is 0 Å². The summed E-state index contributed by atoms with van der Waals surface area (Å²) in [5.41, 5.74) is -1.51. The molecule has 3 aromatic heterocycles. The van der Waals surface area contributed by atoms with Crippen molar-refractivity contribution in [3.05, 3.63) is 36.5 Å². The highest BCUT2D eigenvalue weighted by atomic mass is 19.4. The number of pyridine rings is 1. The van der Waals surface area contributed by atoms with Crippen molar-refractivity contribution in [3.63, 3.8) is 0 Å². The summed E-state index contributed by atoms with van der Waals surface area (Å²) in [5, 5.41) is 7.03. The van der Waals surface area contributed by atoms with Gasteiger partial charge in [0, 0.05) is 31.1 Å². The number of nitrogens with zero attached hydrogens (tertiary/aromatic N) is 5. The molecule has 1 saturated carbocycles. The maximum Gasteiger partial charge on any atom is 0.428 e. The van der Waals surface area contributed by atoms with Crippen molar-refractivity contribution in [2.24, 2.45) is 0 Å². The minimum atomic E-state index is -4.49. The zero-order valence-corrected chi connectivity index (χ0v) is 15.0. The minimum Gasteiger partial charge on any atom is -0.461 e. The van der Waals surface area contributed by atoms with E-state index >= 15 is 0 Å². The van der Waals surface area contributed by atoms with E-state index in [0.29, 0.717) is 12.0 Å². The molecule has 0 spiro atoms. The van der Waals surface area contributed by atoms with Crippen molar-refractivity contribution < 1.29 is 31.4 Å². The Morgan fingerprint density at radius 3 is 2.34 bits per heavy atom. The summed E-state index contributed by atoms with van der Waals surface area (Å²) in [6.45, 7) is 0. The lowest BCUT2D eigenvalue weighted by Gasteiger charge is -2.42. The molecule has 0 N–H and O–H groups in total. The first kappa shape index (κ1) is 19.4. The average Bonchev–Trinajstić information content (AvgIpc) is 3.08. The SMILES string of the molecule is COC(F)(F)c1nnc2cnc(-c3ccc(OC4(C(F)(F)F)CCC4)nc3)cn12. The summed E-state index contributed by atoms with van der Waals surface area (Å²) in [7, 11) is 0.835. The van der Waals surface area contributed by atoms with Gasteiger partial charge in [0.1, 0.15) is 0 Å². The molecule has 154 valence electrons. The van der Waals surface area contributed by atoms with E-state index in [9.17, 15) is 22.0 Å². The molecule has 29 heavy (non-hydrogen) atoms. The third-order valence-electron chi connectivity index (χ3n) is 4.82. The largest absolute Gasteiger partial charge is 0.461 e. The van der Waals surface area contributed by atoms with Crippen LogP contribution >= 0.6 is 0 Å². The third-order valence-corrected chi connectivity index (χ3v) is 4.82. The molecule has 3 heterocycles. The fourth-order valence-corrected chi connectivity index (χ4v) is 2.97. The lowest BCUT2D eigenvalue weighted by atomic mass is 9.79. The fourth-order valence-electron chi connectivity index (χ4n) is 2.97. The Kier molecular flexibility index (Phi) is 4.41. The second-order valence-corrected chi connectivity index (χ2v) is 6.58. The highest BCUT2D eigenvalue weighted by Crippen LogP contribution is 2.48. The van der Waals surface area contributed by atoms with Gasteiger partial charge < -0.3 is 9.47 Å². The lowest BCUT2D eigenvalue weighted by molar-refractivity contribution is -0.275. The van der Waals surface area contributed by atoms with Crippen LogP contribution in [0.3, 0.4) is 0 Å². The van der Waals surface area contributed by atoms with Crippen LogP contribution < -0.4 is 4.74 Å². The first-order valence-electron chi connectivity index (χ1n) is 8.52. The van der Waals surface area contributed by atoms with E-state index in [2.05, 4.69) is 24.9 Å². The summed E-state index contributed by atoms with van der Waals surface area (Å²) in [6.07, 6.45) is -4.23. The molecule has 0 atom stereocenters. The van der Waals surface area contributed by atoms with Crippen molar-refractivity contribution in [2.45, 2.75) is 37.1 Å². The number of hydrogen-bond donors (Lipinski definition) is 0. The normalized spacial score (nSPS) is 16.6. The maximum atomic E-state index is 13.8. The van der Waals surface area contributed by atoms with Gasteiger partial charge in [-0.25, -0.2) is 4.98 Å². The zero-order chi connectivity index (χ0) is 20.9. The summed E-state index contributed by atoms with van der Waals surface area (Å²) >= 11 is 0. The van der Waals surface area contributed by atoms with E-state index in [1.807, 2.05) is 0 Å². The summed E-state index contributed by atoms with van der Waals surface area (Å²) in [6, 6.07) is 2.72. The Labute approximate surface area is 160 Å². The van der Waals surface area contributed by atoms with Crippen LogP contribution in [0.4, 0.5) is 22.0 Å². The summed E-state index contributed by atoms with van der Waals surface area (Å²) in [4.78, 5) is 8.01. The quantitative estimate of drug-likeness (QED) is 0.591. The van der Waals surface area contributed by atoms with E-state index in [4.69, 9.17) is 4.74 Å². The van der Waals surface area contributed by atoms with Crippen LogP contribution in [0.15, 0.2) is 30.7 Å². The van der Waals surface area contributed by atoms with Gasteiger partial charge in [0.2, 0.25) is 17.3 Å². The number of aromatic nitrogens is 5. The first-order valence-corrected chi connectivity index (χ1v) is 8.52. The number of rotatable bonds is 5. The fraction of sp³-hybridized carbons (Fsp3) is 0.412. The van der Waals surface area contributed by atoms with Crippen molar-refractivity contribution in [2.75, 3.05) is 7.11 Å². The molecule has 4 rings (SSSR count). The molecule has 0 bridgehead atoms. The molecule has 0 amide bonds. The van der Waals surface area contributed by atoms with E-state index in [1.54, 1.807) is 0 Å². The van der Waals surface area contributed by atoms with Crippen LogP contribution in [0.1, 0.15) is 25.1 Å². The number of hydrogen-bond acceptors (Lipinski definition) is 6. The van der Waals surface area contributed by atoms with Gasteiger partial charge in [0.25, 0.3) is 0 Å². The average molecular weight is 415 g/mol. The minimum absolute atomic E-state index is 0.0745. The van der Waals surface area contributed by atoms with E-state index in [1.165, 1.54) is 30.7 Å². The molecule has 1 aliphatic rings. The highest BCUT2D eigenvalue weighted by molar-refractivity contribution is 5.59. The monoisotopic (exact) mass is 415 g/mol. The predicted molar refractivity (Wildman–Crippen MR) is 88.2 cm³/mol. The molecule has 1 aliphatic carbocycles. The van der Waals surface area contributed by atoms with Gasteiger partial charge in [-0.3, -0.25) is 9.38 Å². The van der Waals surface area contributed by atoms with Gasteiger partial charge in [0.05, 0.1) is 11.9 Å². The van der Waals surface area contributed by atoms with Crippen LogP contribution in [0.2, 0.25) is 0 Å². The van der Waals surface area contributed by atoms with E-state index < -0.39 is 23.7 Å². The summed E-state index contributed by atoms with van der Waals surface area (Å²) in [5.74, 6) is -0.911. The molecule has 0 aromatic carbocycles. The zero-order valence-electron chi connectivity index (χ0n) is 15.0. The third kappa shape index (κ3) is 3.26. The second-order valence-electron chi connectivity index (χ2n) is 6.58. The highest BCUT2D eigenvalue weighted by Gasteiger charge is 2.61. The molecular formula is C17H14F5N5O2. The first-order chi connectivity index (χ1) is 13.7. The topological polar surface area (TPSA) is 74.4 Å². The Hall–Kier alpha value is -2.89. The smallest absolute Gasteiger partial charge is 0.428 e. The molecule has 12 heteroatoms. The van der Waals surface area contributed by atoms with Crippen molar-refractivity contribution >= 4 is 5.65 Å². The van der Waals surface area contributed by atoms with Crippen LogP contribution in [0.25, 0.3) is 16.9 Å². The van der Waals surface area contributed by atoms with E-state index in [-0.39, 0.29) is 30.1 Å². The maximum absolute atomic E-state index is 13.8. The van der Waals surface area contributed by atoms with Crippen LogP contribution in [0.5, 0.6) is 5.88 Å². The molecule has 0 aliphatic heterocycles. The van der Waals surface area contributed by atoms with Gasteiger partial charge in [-0.15, -0.1) is 10.2 Å². The molecular weight excluding hydrogens is 401 g/mol. The molecule has 0 unspecified atom stereocenters. The molecule has 1 fully saturated rings. The number of alkyl halides is 5. The number of methoxy groups -OCH3 is 1. The molecule has 7 nitrogen and oxygen atoms in total. The second kappa shape index (κ2) is 6.58. The lowest BCUT2D eigenvalue weighted by Crippen LogP contribution is -2.55. The van der Waals surface area contributed by atoms with Gasteiger partial charge in [0.15, 0.2) is 5.65 Å². The Bertz CT molecular complexity index is 1030. The van der Waals surface area contributed by atoms with Crippen molar-refractivity contribution in [1.82, 2.24) is 24.6 Å². The molecule has 0 saturated heterocycles. The van der Waals surface area contributed by atoms with E-state index in [0.717, 1.165) is 11.5 Å². The standard InChI is InChI=1S/C17H14F5N5O2/c1-28-16(18,19)14-26-25-12-8-23-11(9-27(12)14)10-3-4-13(24-7-10)29-15(5-2-6-15)17(20,21)22/h3-4,7-9H,2,5-6H2,1H3. The van der Waals surface area contributed by atoms with Crippen LogP contribution in [-0.2, 0) is 10.8 Å². The van der Waals surface area contributed by atoms with Gasteiger partial charge in [-0.1, -0.05) is 0 Å². The van der Waals surface area contributed by atoms with Crippen LogP contribution in [-0.4, -0.2) is 43.5 Å². The number of fused-ring (bicyclic) bond motifs is 1. The molecule has 0 radical (unpaired) electrons. The van der Waals surface area contributed by atoms with Crippen molar-refractivity contribution in [3.8, 4) is 17.1 Å². The Morgan fingerprint density at radius 1 is 1.03 bits per heavy atom. The van der Waals surface area contributed by atoms with Gasteiger partial charge in [-0.2, -0.15) is 22.0 Å². The Balaban J connectivity index is 1.62. The summed E-state index contributed by atoms with van der Waals surface area (Å²) < 4.78 is 77.6. The number of halogens is 5. The predicted octanol–water partition coefficient (Wildman–Crippen LogP) is 3.75. The molecule has 3 aromatic rings. The Morgan fingerprint density at radius 2 is 1.79 bits per heavy atom. The van der Waals surface area contributed by atoms with Gasteiger partial charge in [-0.05, 0) is 25.3 Å².